The number of carbonyl (C=O) groups is 1. The molecule has 0 aliphatic rings. The Morgan fingerprint density at radius 3 is 2.94 bits per heavy atom. The number of rotatable bonds is 4. The maximum absolute atomic E-state index is 11.6. The minimum Gasteiger partial charge on any atom is -0.327 e. The second kappa shape index (κ2) is 6.23. The molecule has 0 aliphatic carbocycles. The van der Waals surface area contributed by atoms with Crippen LogP contribution in [0.4, 0.5) is 5.69 Å². The van der Waals surface area contributed by atoms with Crippen molar-refractivity contribution in [3.05, 3.63) is 27.7 Å². The van der Waals surface area contributed by atoms with E-state index >= 15 is 0 Å². The van der Waals surface area contributed by atoms with E-state index in [1.54, 1.807) is 12.1 Å². The van der Waals surface area contributed by atoms with E-state index in [-0.39, 0.29) is 11.9 Å². The van der Waals surface area contributed by atoms with Crippen LogP contribution in [0.5, 0.6) is 0 Å². The predicted molar refractivity (Wildman–Crippen MR) is 70.7 cm³/mol. The number of carbonyl (C=O) groups excluding carboxylic acids is 1. The maximum atomic E-state index is 11.6. The van der Waals surface area contributed by atoms with Gasteiger partial charge in [0.15, 0.2) is 0 Å². The standard InChI is InChI=1S/C11H14BrClN2O/c1-2-8(14)6-11(16)15-10-5-7(12)3-4-9(10)13/h3-5,8H,2,6,14H2,1H3,(H,15,16). The average Bonchev–Trinajstić information content (AvgIpc) is 2.23. The minimum atomic E-state index is -0.116. The molecule has 5 heteroatoms. The molecule has 0 saturated heterocycles. The summed E-state index contributed by atoms with van der Waals surface area (Å²) >= 11 is 9.26. The summed E-state index contributed by atoms with van der Waals surface area (Å²) in [6.45, 7) is 1.95. The van der Waals surface area contributed by atoms with Crippen molar-refractivity contribution in [2.75, 3.05) is 5.32 Å². The van der Waals surface area contributed by atoms with Crippen LogP contribution in [0.25, 0.3) is 0 Å². The molecule has 3 N–H and O–H groups in total. The first kappa shape index (κ1) is 13.5. The number of amides is 1. The average molecular weight is 306 g/mol. The zero-order valence-corrected chi connectivity index (χ0v) is 11.3. The first-order valence-corrected chi connectivity index (χ1v) is 6.20. The van der Waals surface area contributed by atoms with Gasteiger partial charge in [-0.2, -0.15) is 0 Å². The lowest BCUT2D eigenvalue weighted by atomic mass is 10.1. The Bertz CT molecular complexity index is 384. The lowest BCUT2D eigenvalue weighted by Gasteiger charge is -2.10. The summed E-state index contributed by atoms with van der Waals surface area (Å²) in [7, 11) is 0. The number of benzene rings is 1. The van der Waals surface area contributed by atoms with Crippen molar-refractivity contribution < 1.29 is 4.79 Å². The van der Waals surface area contributed by atoms with Crippen molar-refractivity contribution in [3.8, 4) is 0 Å². The zero-order valence-electron chi connectivity index (χ0n) is 8.97. The molecule has 1 unspecified atom stereocenters. The van der Waals surface area contributed by atoms with Crippen molar-refractivity contribution in [1.82, 2.24) is 0 Å². The van der Waals surface area contributed by atoms with Crippen LogP contribution < -0.4 is 11.1 Å². The molecule has 0 saturated carbocycles. The molecule has 1 aromatic carbocycles. The van der Waals surface area contributed by atoms with Crippen LogP contribution in [0.15, 0.2) is 22.7 Å². The van der Waals surface area contributed by atoms with Crippen LogP contribution in [-0.4, -0.2) is 11.9 Å². The maximum Gasteiger partial charge on any atom is 0.225 e. The van der Waals surface area contributed by atoms with Gasteiger partial charge in [0.1, 0.15) is 0 Å². The highest BCUT2D eigenvalue weighted by Gasteiger charge is 2.09. The Labute approximate surface area is 108 Å². The van der Waals surface area contributed by atoms with E-state index in [0.717, 1.165) is 10.9 Å². The molecule has 1 aromatic rings. The van der Waals surface area contributed by atoms with E-state index in [4.69, 9.17) is 17.3 Å². The molecule has 16 heavy (non-hydrogen) atoms. The highest BCUT2D eigenvalue weighted by Crippen LogP contribution is 2.25. The fourth-order valence-corrected chi connectivity index (χ4v) is 1.70. The number of anilines is 1. The van der Waals surface area contributed by atoms with E-state index in [0.29, 0.717) is 17.1 Å². The van der Waals surface area contributed by atoms with E-state index in [1.165, 1.54) is 0 Å². The third-order valence-electron chi connectivity index (χ3n) is 2.17. The summed E-state index contributed by atoms with van der Waals surface area (Å²) in [5, 5.41) is 3.25. The topological polar surface area (TPSA) is 55.1 Å². The van der Waals surface area contributed by atoms with Crippen LogP contribution in [0, 0.1) is 0 Å². The lowest BCUT2D eigenvalue weighted by molar-refractivity contribution is -0.116. The Morgan fingerprint density at radius 1 is 1.62 bits per heavy atom. The van der Waals surface area contributed by atoms with E-state index in [1.807, 2.05) is 13.0 Å². The molecule has 0 aliphatic heterocycles. The fourth-order valence-electron chi connectivity index (χ4n) is 1.18. The predicted octanol–water partition coefficient (Wildman–Crippen LogP) is 3.17. The fraction of sp³-hybridized carbons (Fsp3) is 0.364. The molecular weight excluding hydrogens is 291 g/mol. The highest BCUT2D eigenvalue weighted by molar-refractivity contribution is 9.10. The molecule has 1 amide bonds. The first-order valence-electron chi connectivity index (χ1n) is 5.03. The van der Waals surface area contributed by atoms with Gasteiger partial charge in [0.2, 0.25) is 5.91 Å². The third kappa shape index (κ3) is 4.12. The Hall–Kier alpha value is -0.580. The van der Waals surface area contributed by atoms with Crippen LogP contribution in [0.1, 0.15) is 19.8 Å². The largest absolute Gasteiger partial charge is 0.327 e. The normalized spacial score (nSPS) is 12.2. The van der Waals surface area contributed by atoms with Gasteiger partial charge in [0, 0.05) is 16.9 Å². The zero-order chi connectivity index (χ0) is 12.1. The number of hydrogen-bond acceptors (Lipinski definition) is 2. The SMILES string of the molecule is CCC(N)CC(=O)Nc1cc(Br)ccc1Cl. The summed E-state index contributed by atoms with van der Waals surface area (Å²) in [4.78, 5) is 11.6. The summed E-state index contributed by atoms with van der Waals surface area (Å²) in [5.41, 5.74) is 6.29. The summed E-state index contributed by atoms with van der Waals surface area (Å²) < 4.78 is 0.868. The van der Waals surface area contributed by atoms with Crippen molar-refractivity contribution >= 4 is 39.1 Å². The second-order valence-electron chi connectivity index (χ2n) is 3.54. The molecule has 0 fully saturated rings. The lowest BCUT2D eigenvalue weighted by Crippen LogP contribution is -2.26. The first-order chi connectivity index (χ1) is 7.52. The Kier molecular flexibility index (Phi) is 5.25. The molecular formula is C11H14BrClN2O. The number of nitrogens with two attached hydrogens (primary N) is 1. The smallest absolute Gasteiger partial charge is 0.225 e. The van der Waals surface area contributed by atoms with E-state index in [2.05, 4.69) is 21.2 Å². The van der Waals surface area contributed by atoms with Crippen LogP contribution >= 0.6 is 27.5 Å². The van der Waals surface area contributed by atoms with Gasteiger partial charge in [0.25, 0.3) is 0 Å². The van der Waals surface area contributed by atoms with E-state index in [9.17, 15) is 4.79 Å². The number of halogens is 2. The van der Waals surface area contributed by atoms with Gasteiger partial charge in [-0.05, 0) is 24.6 Å². The molecule has 0 heterocycles. The van der Waals surface area contributed by atoms with Crippen molar-refractivity contribution in [2.24, 2.45) is 5.73 Å². The highest BCUT2D eigenvalue weighted by atomic mass is 79.9. The minimum absolute atomic E-state index is 0.106. The van der Waals surface area contributed by atoms with Gasteiger partial charge in [-0.25, -0.2) is 0 Å². The molecule has 0 bridgehead atoms. The summed E-state index contributed by atoms with van der Waals surface area (Å²) in [6, 6.07) is 5.19. The molecule has 0 radical (unpaired) electrons. The van der Waals surface area contributed by atoms with Crippen molar-refractivity contribution in [2.45, 2.75) is 25.8 Å². The summed E-state index contributed by atoms with van der Waals surface area (Å²) in [5.74, 6) is -0.116. The molecule has 0 spiro atoms. The Balaban J connectivity index is 2.65. The molecule has 3 nitrogen and oxygen atoms in total. The quantitative estimate of drug-likeness (QED) is 0.897. The molecule has 1 rings (SSSR count). The summed E-state index contributed by atoms with van der Waals surface area (Å²) in [6.07, 6.45) is 1.08. The monoisotopic (exact) mass is 304 g/mol. The van der Waals surface area contributed by atoms with Gasteiger partial charge in [0.05, 0.1) is 10.7 Å². The van der Waals surface area contributed by atoms with Crippen molar-refractivity contribution in [1.29, 1.82) is 0 Å². The van der Waals surface area contributed by atoms with Gasteiger partial charge >= 0.3 is 0 Å². The Morgan fingerprint density at radius 2 is 2.31 bits per heavy atom. The van der Waals surface area contributed by atoms with Gasteiger partial charge < -0.3 is 11.1 Å². The van der Waals surface area contributed by atoms with Gasteiger partial charge in [-0.1, -0.05) is 34.5 Å². The second-order valence-corrected chi connectivity index (χ2v) is 4.87. The molecule has 1 atom stereocenters. The van der Waals surface area contributed by atoms with Crippen molar-refractivity contribution in [3.63, 3.8) is 0 Å². The van der Waals surface area contributed by atoms with Crippen LogP contribution in [0.2, 0.25) is 5.02 Å². The number of hydrogen-bond donors (Lipinski definition) is 2. The number of nitrogens with one attached hydrogen (secondary N) is 1. The van der Waals surface area contributed by atoms with Gasteiger partial charge in [-0.15, -0.1) is 0 Å². The molecule has 88 valence electrons. The molecule has 0 aromatic heterocycles. The van der Waals surface area contributed by atoms with Crippen LogP contribution in [0.3, 0.4) is 0 Å². The third-order valence-corrected chi connectivity index (χ3v) is 3.00. The van der Waals surface area contributed by atoms with Crippen LogP contribution in [-0.2, 0) is 4.79 Å². The van der Waals surface area contributed by atoms with E-state index < -0.39 is 0 Å². The van der Waals surface area contributed by atoms with Gasteiger partial charge in [-0.3, -0.25) is 4.79 Å².